The van der Waals surface area contributed by atoms with Crippen LogP contribution in [0.5, 0.6) is 5.75 Å². The minimum Gasteiger partial charge on any atom is -0.489 e. The highest BCUT2D eigenvalue weighted by Gasteiger charge is 2.27. The van der Waals surface area contributed by atoms with Gasteiger partial charge in [0.1, 0.15) is 0 Å². The molecule has 25 heavy (non-hydrogen) atoms. The first-order chi connectivity index (χ1) is 12.0. The van der Waals surface area contributed by atoms with Crippen molar-refractivity contribution in [3.05, 3.63) is 42.2 Å². The average Bonchev–Trinajstić information content (AvgIpc) is 3.04. The Labute approximate surface area is 148 Å². The van der Waals surface area contributed by atoms with Crippen molar-refractivity contribution in [2.45, 2.75) is 32.7 Å². The molecule has 6 nitrogen and oxygen atoms in total. The molecule has 1 saturated heterocycles. The molecule has 0 spiro atoms. The Morgan fingerprint density at radius 1 is 1.36 bits per heavy atom. The zero-order valence-electron chi connectivity index (χ0n) is 14.9. The third kappa shape index (κ3) is 4.20. The molecule has 1 aromatic carbocycles. The first-order valence-electron chi connectivity index (χ1n) is 8.87. The molecule has 1 aliphatic rings. The fraction of sp³-hybridized carbons (Fsp3) is 0.474. The van der Waals surface area contributed by atoms with Crippen LogP contribution >= 0.6 is 0 Å². The Morgan fingerprint density at radius 2 is 2.12 bits per heavy atom. The van der Waals surface area contributed by atoms with Gasteiger partial charge in [0, 0.05) is 19.1 Å². The molecule has 3 rings (SSSR count). The van der Waals surface area contributed by atoms with E-state index in [9.17, 15) is 4.79 Å². The lowest BCUT2D eigenvalue weighted by atomic mass is 10.1. The molecule has 6 heteroatoms. The van der Waals surface area contributed by atoms with Crippen LogP contribution in [0.2, 0.25) is 0 Å². The van der Waals surface area contributed by atoms with Gasteiger partial charge < -0.3 is 15.4 Å². The van der Waals surface area contributed by atoms with Gasteiger partial charge in [-0.2, -0.15) is 5.10 Å². The molecule has 2 N–H and O–H groups in total. The number of ether oxygens (including phenoxy) is 1. The third-order valence-electron chi connectivity index (χ3n) is 4.22. The fourth-order valence-electron chi connectivity index (χ4n) is 2.93. The van der Waals surface area contributed by atoms with E-state index in [4.69, 9.17) is 10.5 Å². The Hall–Kier alpha value is -2.34. The summed E-state index contributed by atoms with van der Waals surface area (Å²) in [4.78, 5) is 14.8. The van der Waals surface area contributed by atoms with Crippen molar-refractivity contribution >= 4 is 5.91 Å². The van der Waals surface area contributed by atoms with Gasteiger partial charge in [0.05, 0.1) is 18.5 Å². The van der Waals surface area contributed by atoms with Crippen molar-refractivity contribution in [2.75, 3.05) is 19.7 Å². The number of amides is 1. The van der Waals surface area contributed by atoms with Crippen LogP contribution in [0.25, 0.3) is 5.69 Å². The van der Waals surface area contributed by atoms with Crippen molar-refractivity contribution < 1.29 is 9.53 Å². The molecule has 0 aliphatic carbocycles. The molecule has 0 radical (unpaired) electrons. The average molecular weight is 342 g/mol. The van der Waals surface area contributed by atoms with Gasteiger partial charge in [-0.05, 0) is 30.9 Å². The van der Waals surface area contributed by atoms with Gasteiger partial charge in [-0.1, -0.05) is 32.0 Å². The summed E-state index contributed by atoms with van der Waals surface area (Å²) < 4.78 is 7.58. The van der Waals surface area contributed by atoms with E-state index >= 15 is 0 Å². The summed E-state index contributed by atoms with van der Waals surface area (Å²) in [7, 11) is 0. The van der Waals surface area contributed by atoms with Gasteiger partial charge in [0.15, 0.2) is 11.4 Å². The van der Waals surface area contributed by atoms with E-state index in [1.807, 2.05) is 30.3 Å². The molecule has 1 aromatic heterocycles. The van der Waals surface area contributed by atoms with E-state index in [-0.39, 0.29) is 11.9 Å². The van der Waals surface area contributed by atoms with Crippen molar-refractivity contribution in [1.82, 2.24) is 14.7 Å². The molecular weight excluding hydrogens is 316 g/mol. The Morgan fingerprint density at radius 3 is 2.80 bits per heavy atom. The summed E-state index contributed by atoms with van der Waals surface area (Å²) in [6.45, 7) is 5.98. The highest BCUT2D eigenvalue weighted by molar-refractivity contribution is 5.95. The van der Waals surface area contributed by atoms with E-state index < -0.39 is 0 Å². The number of benzene rings is 1. The number of rotatable bonds is 5. The van der Waals surface area contributed by atoms with E-state index in [1.54, 1.807) is 15.8 Å². The number of nitrogens with zero attached hydrogens (tertiary/aromatic N) is 3. The Kier molecular flexibility index (Phi) is 5.38. The highest BCUT2D eigenvalue weighted by atomic mass is 16.5. The normalized spacial score (nSPS) is 17.8. The number of hydrogen-bond acceptors (Lipinski definition) is 4. The largest absolute Gasteiger partial charge is 0.489 e. The maximum atomic E-state index is 13.0. The standard InChI is InChI=1S/C19H26N4O2/c1-14(2)13-25-17-12-23(16-8-4-3-5-9-16)21-18(17)19(24)22-10-6-7-15(20)11-22/h3-5,8-9,12,14-15H,6-7,10-11,13,20H2,1-2H3. The second-order valence-corrected chi connectivity index (χ2v) is 6.98. The van der Waals surface area contributed by atoms with Gasteiger partial charge in [0.25, 0.3) is 5.91 Å². The summed E-state index contributed by atoms with van der Waals surface area (Å²) in [5.41, 5.74) is 7.28. The number of carbonyl (C=O) groups is 1. The van der Waals surface area contributed by atoms with Crippen molar-refractivity contribution in [2.24, 2.45) is 11.7 Å². The third-order valence-corrected chi connectivity index (χ3v) is 4.22. The maximum Gasteiger partial charge on any atom is 0.278 e. The lowest BCUT2D eigenvalue weighted by molar-refractivity contribution is 0.0697. The predicted octanol–water partition coefficient (Wildman–Crippen LogP) is 2.47. The van der Waals surface area contributed by atoms with Crippen LogP contribution in [-0.4, -0.2) is 46.3 Å². The molecule has 1 atom stereocenters. The van der Waals surface area contributed by atoms with Crippen LogP contribution < -0.4 is 10.5 Å². The molecule has 0 bridgehead atoms. The molecule has 1 amide bonds. The van der Waals surface area contributed by atoms with Gasteiger partial charge in [-0.15, -0.1) is 0 Å². The van der Waals surface area contributed by atoms with Crippen molar-refractivity contribution in [3.8, 4) is 11.4 Å². The van der Waals surface area contributed by atoms with Gasteiger partial charge in [-0.3, -0.25) is 4.79 Å². The molecule has 2 aromatic rings. The van der Waals surface area contributed by atoms with Crippen molar-refractivity contribution in [1.29, 1.82) is 0 Å². The van der Waals surface area contributed by atoms with Crippen LogP contribution in [0.3, 0.4) is 0 Å². The molecule has 0 saturated carbocycles. The zero-order chi connectivity index (χ0) is 17.8. The van der Waals surface area contributed by atoms with E-state index in [1.165, 1.54) is 0 Å². The summed E-state index contributed by atoms with van der Waals surface area (Å²) in [5.74, 6) is 0.789. The van der Waals surface area contributed by atoms with Crippen LogP contribution in [0.15, 0.2) is 36.5 Å². The number of nitrogens with two attached hydrogens (primary N) is 1. The number of likely N-dealkylation sites (tertiary alicyclic amines) is 1. The molecule has 1 aliphatic heterocycles. The number of aromatic nitrogens is 2. The van der Waals surface area contributed by atoms with E-state index in [0.717, 1.165) is 18.5 Å². The lowest BCUT2D eigenvalue weighted by Gasteiger charge is -2.30. The second kappa shape index (κ2) is 7.70. The van der Waals surface area contributed by atoms with Crippen LogP contribution in [0.4, 0.5) is 0 Å². The monoisotopic (exact) mass is 342 g/mol. The topological polar surface area (TPSA) is 73.4 Å². The minimum absolute atomic E-state index is 0.0361. The number of piperidine rings is 1. The number of carbonyl (C=O) groups excluding carboxylic acids is 1. The number of para-hydroxylation sites is 1. The molecule has 1 unspecified atom stereocenters. The van der Waals surface area contributed by atoms with E-state index in [2.05, 4.69) is 18.9 Å². The fourth-order valence-corrected chi connectivity index (χ4v) is 2.93. The van der Waals surface area contributed by atoms with Crippen molar-refractivity contribution in [3.63, 3.8) is 0 Å². The van der Waals surface area contributed by atoms with Crippen LogP contribution in [0, 0.1) is 5.92 Å². The second-order valence-electron chi connectivity index (χ2n) is 6.98. The minimum atomic E-state index is -0.108. The molecule has 134 valence electrons. The highest BCUT2D eigenvalue weighted by Crippen LogP contribution is 2.23. The zero-order valence-corrected chi connectivity index (χ0v) is 14.9. The Balaban J connectivity index is 1.89. The van der Waals surface area contributed by atoms with Crippen LogP contribution in [-0.2, 0) is 0 Å². The predicted molar refractivity (Wildman–Crippen MR) is 97.0 cm³/mol. The van der Waals surface area contributed by atoms with E-state index in [0.29, 0.717) is 37.1 Å². The summed E-state index contributed by atoms with van der Waals surface area (Å²) in [5, 5.41) is 4.52. The van der Waals surface area contributed by atoms with Crippen LogP contribution in [0.1, 0.15) is 37.2 Å². The van der Waals surface area contributed by atoms with Gasteiger partial charge in [-0.25, -0.2) is 4.68 Å². The number of hydrogen-bond donors (Lipinski definition) is 1. The van der Waals surface area contributed by atoms with Gasteiger partial charge in [0.2, 0.25) is 0 Å². The molecule has 1 fully saturated rings. The first kappa shape index (κ1) is 17.5. The quantitative estimate of drug-likeness (QED) is 0.906. The SMILES string of the molecule is CC(C)COc1cn(-c2ccccc2)nc1C(=O)N1CCCC(N)C1. The summed E-state index contributed by atoms with van der Waals surface area (Å²) in [6, 6.07) is 9.76. The smallest absolute Gasteiger partial charge is 0.278 e. The van der Waals surface area contributed by atoms with Gasteiger partial charge >= 0.3 is 0 Å². The summed E-state index contributed by atoms with van der Waals surface area (Å²) in [6.07, 6.45) is 3.67. The summed E-state index contributed by atoms with van der Waals surface area (Å²) >= 11 is 0. The lowest BCUT2D eigenvalue weighted by Crippen LogP contribution is -2.45. The first-order valence-corrected chi connectivity index (χ1v) is 8.87. The Bertz CT molecular complexity index is 711. The maximum absolute atomic E-state index is 13.0. The molecular formula is C19H26N4O2. The molecule has 2 heterocycles.